The Kier molecular flexibility index (Phi) is 2.45. The van der Waals surface area contributed by atoms with Gasteiger partial charge < -0.3 is 4.74 Å². The van der Waals surface area contributed by atoms with E-state index >= 15 is 0 Å². The molecule has 0 saturated carbocycles. The highest BCUT2D eigenvalue weighted by Crippen LogP contribution is 2.16. The summed E-state index contributed by atoms with van der Waals surface area (Å²) >= 11 is 0. The standard InChI is InChI=1S/C6H13NO2/c1-3-9-7-5-4-6(7)8-2/h6H,3-5H2,1-2H3. The van der Waals surface area contributed by atoms with Crippen molar-refractivity contribution in [2.45, 2.75) is 19.6 Å². The molecule has 54 valence electrons. The molecule has 0 aromatic rings. The highest BCUT2D eigenvalue weighted by Gasteiger charge is 2.27. The zero-order chi connectivity index (χ0) is 6.69. The first kappa shape index (κ1) is 6.99. The Morgan fingerprint density at radius 1 is 1.67 bits per heavy atom. The van der Waals surface area contributed by atoms with Crippen molar-refractivity contribution < 1.29 is 9.57 Å². The summed E-state index contributed by atoms with van der Waals surface area (Å²) in [5, 5.41) is 1.86. The lowest BCUT2D eigenvalue weighted by Crippen LogP contribution is -2.48. The second-order valence-corrected chi connectivity index (χ2v) is 2.04. The Labute approximate surface area is 55.5 Å². The van der Waals surface area contributed by atoms with Crippen LogP contribution in [0.2, 0.25) is 0 Å². The zero-order valence-corrected chi connectivity index (χ0v) is 5.96. The Morgan fingerprint density at radius 2 is 2.44 bits per heavy atom. The van der Waals surface area contributed by atoms with Crippen LogP contribution in [-0.4, -0.2) is 31.6 Å². The Balaban J connectivity index is 2.11. The molecule has 0 radical (unpaired) electrons. The van der Waals surface area contributed by atoms with Crippen molar-refractivity contribution >= 4 is 0 Å². The SMILES string of the molecule is CCON1CCC1OC. The summed E-state index contributed by atoms with van der Waals surface area (Å²) in [6.07, 6.45) is 1.31. The molecular weight excluding hydrogens is 118 g/mol. The number of rotatable bonds is 3. The number of methoxy groups -OCH3 is 1. The molecule has 1 saturated heterocycles. The topological polar surface area (TPSA) is 21.7 Å². The monoisotopic (exact) mass is 131 g/mol. The van der Waals surface area contributed by atoms with Crippen LogP contribution in [0.5, 0.6) is 0 Å². The first-order valence-corrected chi connectivity index (χ1v) is 3.30. The minimum absolute atomic E-state index is 0.213. The van der Waals surface area contributed by atoms with E-state index < -0.39 is 0 Å². The van der Waals surface area contributed by atoms with Gasteiger partial charge in [-0.2, -0.15) is 5.06 Å². The molecule has 1 fully saturated rings. The highest BCUT2D eigenvalue weighted by molar-refractivity contribution is 4.66. The van der Waals surface area contributed by atoms with Crippen LogP contribution in [-0.2, 0) is 9.57 Å². The van der Waals surface area contributed by atoms with Crippen LogP contribution in [0.25, 0.3) is 0 Å². The molecule has 0 aliphatic carbocycles. The van der Waals surface area contributed by atoms with E-state index in [0.717, 1.165) is 19.6 Å². The zero-order valence-electron chi connectivity index (χ0n) is 5.96. The van der Waals surface area contributed by atoms with Gasteiger partial charge in [0.25, 0.3) is 0 Å². The second-order valence-electron chi connectivity index (χ2n) is 2.04. The quantitative estimate of drug-likeness (QED) is 0.560. The Hall–Kier alpha value is -0.120. The maximum absolute atomic E-state index is 5.19. The molecule has 0 amide bonds. The summed E-state index contributed by atoms with van der Waals surface area (Å²) in [5.41, 5.74) is 0. The summed E-state index contributed by atoms with van der Waals surface area (Å²) in [4.78, 5) is 5.19. The minimum atomic E-state index is 0.213. The molecule has 1 atom stereocenters. The molecule has 1 aliphatic heterocycles. The van der Waals surface area contributed by atoms with E-state index in [-0.39, 0.29) is 6.23 Å². The van der Waals surface area contributed by atoms with Gasteiger partial charge in [0.2, 0.25) is 0 Å². The van der Waals surface area contributed by atoms with Gasteiger partial charge in [-0.05, 0) is 6.92 Å². The average Bonchev–Trinajstić information content (AvgIpc) is 1.82. The van der Waals surface area contributed by atoms with Crippen molar-refractivity contribution in [3.05, 3.63) is 0 Å². The Morgan fingerprint density at radius 3 is 2.78 bits per heavy atom. The molecule has 1 heterocycles. The molecular formula is C6H13NO2. The van der Waals surface area contributed by atoms with Crippen LogP contribution in [0, 0.1) is 0 Å². The second kappa shape index (κ2) is 3.15. The molecule has 0 spiro atoms. The maximum Gasteiger partial charge on any atom is 0.134 e. The summed E-state index contributed by atoms with van der Waals surface area (Å²) in [5.74, 6) is 0. The number of ether oxygens (including phenoxy) is 1. The van der Waals surface area contributed by atoms with Crippen molar-refractivity contribution in [1.82, 2.24) is 5.06 Å². The maximum atomic E-state index is 5.19. The van der Waals surface area contributed by atoms with Gasteiger partial charge in [-0.3, -0.25) is 4.84 Å². The number of hydrogen-bond donors (Lipinski definition) is 0. The summed E-state index contributed by atoms with van der Waals surface area (Å²) in [6.45, 7) is 3.72. The normalized spacial score (nSPS) is 28.0. The fourth-order valence-electron chi connectivity index (χ4n) is 0.889. The minimum Gasteiger partial charge on any atom is -0.364 e. The van der Waals surface area contributed by atoms with E-state index in [0.29, 0.717) is 0 Å². The van der Waals surface area contributed by atoms with E-state index in [1.807, 2.05) is 12.0 Å². The van der Waals surface area contributed by atoms with Crippen molar-refractivity contribution in [2.24, 2.45) is 0 Å². The summed E-state index contributed by atoms with van der Waals surface area (Å²) < 4.78 is 5.05. The number of hydroxylamine groups is 2. The molecule has 9 heavy (non-hydrogen) atoms. The molecule has 3 nitrogen and oxygen atoms in total. The average molecular weight is 131 g/mol. The van der Waals surface area contributed by atoms with Crippen LogP contribution in [0.15, 0.2) is 0 Å². The van der Waals surface area contributed by atoms with E-state index in [1.165, 1.54) is 0 Å². The lowest BCUT2D eigenvalue weighted by atomic mass is 10.2. The molecule has 3 heteroatoms. The van der Waals surface area contributed by atoms with Gasteiger partial charge in [-0.15, -0.1) is 0 Å². The van der Waals surface area contributed by atoms with Crippen LogP contribution < -0.4 is 0 Å². The van der Waals surface area contributed by atoms with E-state index in [2.05, 4.69) is 0 Å². The fourth-order valence-corrected chi connectivity index (χ4v) is 0.889. The van der Waals surface area contributed by atoms with Gasteiger partial charge >= 0.3 is 0 Å². The van der Waals surface area contributed by atoms with E-state index in [9.17, 15) is 0 Å². The van der Waals surface area contributed by atoms with Gasteiger partial charge in [0.1, 0.15) is 6.23 Å². The van der Waals surface area contributed by atoms with Gasteiger partial charge in [-0.1, -0.05) is 0 Å². The van der Waals surface area contributed by atoms with Crippen molar-refractivity contribution in [3.8, 4) is 0 Å². The largest absolute Gasteiger partial charge is 0.364 e. The van der Waals surface area contributed by atoms with Crippen LogP contribution in [0.4, 0.5) is 0 Å². The third-order valence-electron chi connectivity index (χ3n) is 1.48. The van der Waals surface area contributed by atoms with Crippen molar-refractivity contribution in [3.63, 3.8) is 0 Å². The lowest BCUT2D eigenvalue weighted by molar-refractivity contribution is -0.293. The predicted molar refractivity (Wildman–Crippen MR) is 33.7 cm³/mol. The lowest BCUT2D eigenvalue weighted by Gasteiger charge is -2.37. The predicted octanol–water partition coefficient (Wildman–Crippen LogP) is 0.616. The molecule has 0 bridgehead atoms. The molecule has 1 aliphatic rings. The third kappa shape index (κ3) is 1.41. The van der Waals surface area contributed by atoms with Crippen LogP contribution in [0.1, 0.15) is 13.3 Å². The molecule has 0 N–H and O–H groups in total. The molecule has 0 aromatic heterocycles. The van der Waals surface area contributed by atoms with Crippen LogP contribution >= 0.6 is 0 Å². The summed E-state index contributed by atoms with van der Waals surface area (Å²) in [6, 6.07) is 0. The summed E-state index contributed by atoms with van der Waals surface area (Å²) in [7, 11) is 1.70. The first-order valence-electron chi connectivity index (χ1n) is 3.30. The van der Waals surface area contributed by atoms with Crippen molar-refractivity contribution in [2.75, 3.05) is 20.3 Å². The van der Waals surface area contributed by atoms with E-state index in [4.69, 9.17) is 9.57 Å². The van der Waals surface area contributed by atoms with Gasteiger partial charge in [0.05, 0.1) is 6.61 Å². The fraction of sp³-hybridized carbons (Fsp3) is 1.00. The smallest absolute Gasteiger partial charge is 0.134 e. The molecule has 1 unspecified atom stereocenters. The van der Waals surface area contributed by atoms with Gasteiger partial charge in [-0.25, -0.2) is 0 Å². The number of hydrogen-bond acceptors (Lipinski definition) is 3. The van der Waals surface area contributed by atoms with E-state index in [1.54, 1.807) is 7.11 Å². The van der Waals surface area contributed by atoms with Crippen molar-refractivity contribution in [1.29, 1.82) is 0 Å². The highest BCUT2D eigenvalue weighted by atomic mass is 16.7. The van der Waals surface area contributed by atoms with Crippen LogP contribution in [0.3, 0.4) is 0 Å². The van der Waals surface area contributed by atoms with Gasteiger partial charge in [0, 0.05) is 20.1 Å². The first-order chi connectivity index (χ1) is 4.38. The van der Waals surface area contributed by atoms with Gasteiger partial charge in [0.15, 0.2) is 0 Å². The molecule has 0 aromatic carbocycles. The molecule has 1 rings (SSSR count). The number of nitrogens with zero attached hydrogens (tertiary/aromatic N) is 1. The Bertz CT molecular complexity index is 85.1. The third-order valence-corrected chi connectivity index (χ3v) is 1.48.